The number of nitrogens with one attached hydrogen (secondary N) is 1. The van der Waals surface area contributed by atoms with Crippen molar-refractivity contribution in [1.29, 1.82) is 0 Å². The molecule has 4 heterocycles. The minimum Gasteiger partial charge on any atom is -0.439 e. The van der Waals surface area contributed by atoms with Crippen LogP contribution in [-0.4, -0.2) is 43.2 Å². The SMILES string of the molecule is CCN1Cc2ncnc(Oc3ccc4c(ccn4C(=O)Nc4cc(C5CC5)on4)c3)c2C[C@@H]1C. The summed E-state index contributed by atoms with van der Waals surface area (Å²) in [5.41, 5.74) is 2.86. The number of carbonyl (C=O) groups excluding carboxylic acids is 1. The van der Waals surface area contributed by atoms with Gasteiger partial charge in [-0.15, -0.1) is 0 Å². The van der Waals surface area contributed by atoms with Gasteiger partial charge in [0.05, 0.1) is 11.2 Å². The van der Waals surface area contributed by atoms with Crippen molar-refractivity contribution in [2.75, 3.05) is 11.9 Å². The average Bonchev–Trinajstić information content (AvgIpc) is 3.44. The molecule has 9 heteroatoms. The maximum atomic E-state index is 12.8. The molecule has 2 aliphatic rings. The molecule has 6 rings (SSSR count). The lowest BCUT2D eigenvalue weighted by molar-refractivity contribution is 0.189. The highest BCUT2D eigenvalue weighted by Crippen LogP contribution is 2.40. The summed E-state index contributed by atoms with van der Waals surface area (Å²) < 4.78 is 13.1. The Kier molecular flexibility index (Phi) is 5.06. The summed E-state index contributed by atoms with van der Waals surface area (Å²) in [6.45, 7) is 6.17. The van der Waals surface area contributed by atoms with Crippen molar-refractivity contribution < 1.29 is 14.1 Å². The minimum absolute atomic E-state index is 0.293. The fourth-order valence-corrected chi connectivity index (χ4v) is 4.61. The van der Waals surface area contributed by atoms with Gasteiger partial charge in [0, 0.05) is 41.7 Å². The normalized spacial score (nSPS) is 18.1. The predicted molar refractivity (Wildman–Crippen MR) is 126 cm³/mol. The summed E-state index contributed by atoms with van der Waals surface area (Å²) in [6.07, 6.45) is 6.38. The van der Waals surface area contributed by atoms with E-state index in [4.69, 9.17) is 9.26 Å². The van der Waals surface area contributed by atoms with Gasteiger partial charge in [0.15, 0.2) is 5.82 Å². The Labute approximate surface area is 196 Å². The number of fused-ring (bicyclic) bond motifs is 2. The monoisotopic (exact) mass is 458 g/mol. The zero-order valence-electron chi connectivity index (χ0n) is 19.2. The molecule has 1 N–H and O–H groups in total. The third-order valence-electron chi connectivity index (χ3n) is 6.72. The number of hydrogen-bond acceptors (Lipinski definition) is 7. The molecule has 1 atom stereocenters. The van der Waals surface area contributed by atoms with E-state index in [1.165, 1.54) is 0 Å². The van der Waals surface area contributed by atoms with Crippen molar-refractivity contribution in [3.8, 4) is 11.6 Å². The first-order valence-electron chi connectivity index (χ1n) is 11.7. The lowest BCUT2D eigenvalue weighted by atomic mass is 10.00. The van der Waals surface area contributed by atoms with Crippen LogP contribution < -0.4 is 10.1 Å². The second-order valence-electron chi connectivity index (χ2n) is 9.05. The van der Waals surface area contributed by atoms with Crippen LogP contribution in [0.15, 0.2) is 47.4 Å². The topological polar surface area (TPSA) is 98.3 Å². The number of benzene rings is 1. The maximum Gasteiger partial charge on any atom is 0.331 e. The Morgan fingerprint density at radius 3 is 2.94 bits per heavy atom. The van der Waals surface area contributed by atoms with E-state index in [0.29, 0.717) is 29.4 Å². The van der Waals surface area contributed by atoms with Crippen molar-refractivity contribution in [1.82, 2.24) is 24.6 Å². The molecule has 0 saturated heterocycles. The molecule has 9 nitrogen and oxygen atoms in total. The van der Waals surface area contributed by atoms with Crippen LogP contribution in [0.3, 0.4) is 0 Å². The molecule has 1 saturated carbocycles. The van der Waals surface area contributed by atoms with Crippen molar-refractivity contribution in [2.24, 2.45) is 0 Å². The smallest absolute Gasteiger partial charge is 0.331 e. The molecule has 0 spiro atoms. The first-order chi connectivity index (χ1) is 16.6. The molecule has 1 aromatic carbocycles. The lowest BCUT2D eigenvalue weighted by Gasteiger charge is -2.33. The van der Waals surface area contributed by atoms with E-state index < -0.39 is 0 Å². The molecule has 1 amide bonds. The molecular weight excluding hydrogens is 432 g/mol. The van der Waals surface area contributed by atoms with Crippen molar-refractivity contribution in [3.63, 3.8) is 0 Å². The fraction of sp³-hybridized carbons (Fsp3) is 0.360. The fourth-order valence-electron chi connectivity index (χ4n) is 4.61. The predicted octanol–water partition coefficient (Wildman–Crippen LogP) is 4.94. The van der Waals surface area contributed by atoms with Gasteiger partial charge in [0.1, 0.15) is 17.8 Å². The molecule has 174 valence electrons. The van der Waals surface area contributed by atoms with E-state index in [1.807, 2.05) is 24.3 Å². The number of carbonyl (C=O) groups is 1. The summed E-state index contributed by atoms with van der Waals surface area (Å²) in [4.78, 5) is 24.1. The second kappa shape index (κ2) is 8.25. The highest BCUT2D eigenvalue weighted by atomic mass is 16.5. The minimum atomic E-state index is -0.293. The van der Waals surface area contributed by atoms with E-state index in [1.54, 1.807) is 23.2 Å². The van der Waals surface area contributed by atoms with E-state index in [-0.39, 0.29) is 6.03 Å². The Hall–Kier alpha value is -3.72. The summed E-state index contributed by atoms with van der Waals surface area (Å²) in [5, 5.41) is 7.66. The molecular formula is C25H26N6O3. The van der Waals surface area contributed by atoms with Crippen LogP contribution in [-0.2, 0) is 13.0 Å². The van der Waals surface area contributed by atoms with Gasteiger partial charge in [0.25, 0.3) is 0 Å². The molecule has 0 unspecified atom stereocenters. The number of rotatable bonds is 5. The van der Waals surface area contributed by atoms with Gasteiger partial charge >= 0.3 is 6.03 Å². The highest BCUT2D eigenvalue weighted by molar-refractivity contribution is 5.98. The Morgan fingerprint density at radius 1 is 1.24 bits per heavy atom. The maximum absolute atomic E-state index is 12.8. The first-order valence-corrected chi connectivity index (χ1v) is 11.7. The second-order valence-corrected chi connectivity index (χ2v) is 9.05. The van der Waals surface area contributed by atoms with Gasteiger partial charge in [-0.05, 0) is 57.0 Å². The largest absolute Gasteiger partial charge is 0.439 e. The zero-order valence-corrected chi connectivity index (χ0v) is 19.2. The summed E-state index contributed by atoms with van der Waals surface area (Å²) in [5.74, 6) is 2.97. The Morgan fingerprint density at radius 2 is 2.12 bits per heavy atom. The number of amides is 1. The standard InChI is InChI=1S/C25H26N6O3/c1-3-30-13-20-19(10-15(30)2)24(27-14-26-20)33-18-6-7-21-17(11-18)8-9-31(21)25(32)28-23-12-22(34-29-23)16-4-5-16/h6-9,11-12,14-16H,3-5,10,13H2,1-2H3,(H,28,29,32)/t15-/m0/s1. The van der Waals surface area contributed by atoms with Crippen molar-refractivity contribution in [2.45, 2.75) is 51.6 Å². The van der Waals surface area contributed by atoms with Crippen LogP contribution in [0.5, 0.6) is 11.6 Å². The number of nitrogens with zero attached hydrogens (tertiary/aromatic N) is 5. The van der Waals surface area contributed by atoms with Gasteiger partial charge in [-0.3, -0.25) is 14.8 Å². The molecule has 0 radical (unpaired) electrons. The van der Waals surface area contributed by atoms with E-state index >= 15 is 0 Å². The van der Waals surface area contributed by atoms with Crippen LogP contribution in [0, 0.1) is 0 Å². The van der Waals surface area contributed by atoms with Gasteiger partial charge < -0.3 is 9.26 Å². The van der Waals surface area contributed by atoms with E-state index in [9.17, 15) is 4.79 Å². The highest BCUT2D eigenvalue weighted by Gasteiger charge is 2.28. The zero-order chi connectivity index (χ0) is 23.2. The van der Waals surface area contributed by atoms with E-state index in [0.717, 1.165) is 60.3 Å². The van der Waals surface area contributed by atoms with Crippen LogP contribution >= 0.6 is 0 Å². The molecule has 1 aliphatic heterocycles. The number of anilines is 1. The molecule has 4 aromatic rings. The third kappa shape index (κ3) is 3.81. The summed E-state index contributed by atoms with van der Waals surface area (Å²) in [6, 6.07) is 9.45. The van der Waals surface area contributed by atoms with Crippen molar-refractivity contribution in [3.05, 3.63) is 59.9 Å². The molecule has 1 aliphatic carbocycles. The lowest BCUT2D eigenvalue weighted by Crippen LogP contribution is -2.38. The number of likely N-dealkylation sites (N-methyl/N-ethyl adjacent to an activating group) is 1. The quantitative estimate of drug-likeness (QED) is 0.452. The molecule has 3 aromatic heterocycles. The molecule has 0 bridgehead atoms. The van der Waals surface area contributed by atoms with Crippen LogP contribution in [0.2, 0.25) is 0 Å². The van der Waals surface area contributed by atoms with E-state index in [2.05, 4.69) is 39.2 Å². The average molecular weight is 459 g/mol. The number of hydrogen-bond donors (Lipinski definition) is 1. The molecule has 1 fully saturated rings. The molecule has 34 heavy (non-hydrogen) atoms. The number of aromatic nitrogens is 4. The van der Waals surface area contributed by atoms with Crippen LogP contribution in [0.1, 0.15) is 49.6 Å². The van der Waals surface area contributed by atoms with Gasteiger partial charge in [0.2, 0.25) is 5.88 Å². The van der Waals surface area contributed by atoms with Crippen molar-refractivity contribution >= 4 is 22.8 Å². The first kappa shape index (κ1) is 20.9. The Bertz CT molecular complexity index is 1370. The Balaban J connectivity index is 1.21. The van der Waals surface area contributed by atoms with Crippen LogP contribution in [0.25, 0.3) is 10.9 Å². The van der Waals surface area contributed by atoms with Crippen LogP contribution in [0.4, 0.5) is 10.6 Å². The third-order valence-corrected chi connectivity index (χ3v) is 6.72. The summed E-state index contributed by atoms with van der Waals surface area (Å²) >= 11 is 0. The summed E-state index contributed by atoms with van der Waals surface area (Å²) in [7, 11) is 0. The number of ether oxygens (including phenoxy) is 1. The van der Waals surface area contributed by atoms with Gasteiger partial charge in [-0.25, -0.2) is 14.8 Å². The van der Waals surface area contributed by atoms with Gasteiger partial charge in [-0.2, -0.15) is 0 Å². The van der Waals surface area contributed by atoms with Gasteiger partial charge in [-0.1, -0.05) is 12.1 Å².